The van der Waals surface area contributed by atoms with Gasteiger partial charge in [-0.3, -0.25) is 4.79 Å². The first kappa shape index (κ1) is 5.83. The normalized spacial score (nSPS) is 11.5. The molecule has 0 aliphatic rings. The first-order valence-corrected chi connectivity index (χ1v) is 3.57. The van der Waals surface area contributed by atoms with Crippen LogP contribution < -0.4 is 5.73 Å². The molecule has 0 atom stereocenters. The van der Waals surface area contributed by atoms with Gasteiger partial charge in [0.2, 0.25) is 0 Å². The molecule has 0 fully saturated rings. The number of aromatic nitrogens is 1. The third-order valence-corrected chi connectivity index (χ3v) is 1.69. The second-order valence-electron chi connectivity index (χ2n) is 2.53. The number of benzene rings is 1. The predicted molar refractivity (Wildman–Crippen MR) is 46.8 cm³/mol. The molecule has 0 saturated carbocycles. The minimum atomic E-state index is -0.596. The minimum Gasteiger partial charge on any atom is -0.364 e. The van der Waals surface area contributed by atoms with E-state index in [1.165, 1.54) is 0 Å². The van der Waals surface area contributed by atoms with Gasteiger partial charge in [-0.25, -0.2) is 0 Å². The fourth-order valence-corrected chi connectivity index (χ4v) is 1.12. The number of carbonyl (C=O) groups is 1. The third kappa shape index (κ3) is 0.955. The topological polar surface area (TPSA) is 58.9 Å². The number of aromatic amines is 1. The molecule has 0 saturated heterocycles. The van der Waals surface area contributed by atoms with Gasteiger partial charge < -0.3 is 10.7 Å². The van der Waals surface area contributed by atoms with Crippen LogP contribution >= 0.6 is 0 Å². The lowest BCUT2D eigenvalue weighted by atomic mass is 10.2. The molecule has 3 nitrogen and oxygen atoms in total. The third-order valence-electron chi connectivity index (χ3n) is 1.69. The van der Waals surface area contributed by atoms with Crippen molar-refractivity contribution in [3.63, 3.8) is 0 Å². The van der Waals surface area contributed by atoms with E-state index >= 15 is 0 Å². The van der Waals surface area contributed by atoms with Crippen LogP contribution in [0.15, 0.2) is 30.3 Å². The summed E-state index contributed by atoms with van der Waals surface area (Å²) >= 11 is 0. The van der Waals surface area contributed by atoms with Gasteiger partial charge in [-0.1, -0.05) is 18.2 Å². The molecule has 0 radical (unpaired) electrons. The van der Waals surface area contributed by atoms with Gasteiger partial charge in [0.25, 0.3) is 5.91 Å². The molecule has 1 heterocycles. The fourth-order valence-electron chi connectivity index (χ4n) is 1.12. The number of fused-ring (bicyclic) bond motifs is 1. The van der Waals surface area contributed by atoms with E-state index in [1.807, 2.05) is 12.1 Å². The molecule has 2 rings (SSSR count). The predicted octanol–water partition coefficient (Wildman–Crippen LogP) is 1.27. The molecule has 0 aliphatic carbocycles. The number of primary amides is 1. The maximum Gasteiger partial charge on any atom is 0.265 e. The molecule has 0 bridgehead atoms. The number of hydrogen-bond donors (Lipinski definition) is 2. The van der Waals surface area contributed by atoms with Crippen molar-refractivity contribution in [2.45, 2.75) is 0 Å². The second-order valence-corrected chi connectivity index (χ2v) is 2.53. The van der Waals surface area contributed by atoms with Gasteiger partial charge in [0, 0.05) is 10.9 Å². The van der Waals surface area contributed by atoms with Crippen LogP contribution in [0.5, 0.6) is 0 Å². The Hall–Kier alpha value is -1.77. The van der Waals surface area contributed by atoms with E-state index in [4.69, 9.17) is 7.10 Å². The zero-order valence-corrected chi connectivity index (χ0v) is 6.29. The van der Waals surface area contributed by atoms with Gasteiger partial charge in [-0.05, 0) is 12.1 Å². The fraction of sp³-hybridized carbons (Fsp3) is 0. The van der Waals surface area contributed by atoms with E-state index in [0.29, 0.717) is 0 Å². The highest BCUT2D eigenvalue weighted by molar-refractivity contribution is 5.96. The molecule has 3 N–H and O–H groups in total. The first-order chi connectivity index (χ1) is 6.20. The van der Waals surface area contributed by atoms with Crippen LogP contribution in [0.3, 0.4) is 0 Å². The molecular formula is C9H8N2O. The number of rotatable bonds is 1. The average Bonchev–Trinajstić information content (AvgIpc) is 2.45. The van der Waals surface area contributed by atoms with E-state index in [-0.39, 0.29) is 11.7 Å². The van der Waals surface area contributed by atoms with Gasteiger partial charge in [-0.15, -0.1) is 0 Å². The molecule has 2 aromatic rings. The zero-order valence-electron chi connectivity index (χ0n) is 7.29. The van der Waals surface area contributed by atoms with Crippen LogP contribution in [0.4, 0.5) is 0 Å². The van der Waals surface area contributed by atoms with E-state index in [9.17, 15) is 4.79 Å². The highest BCUT2D eigenvalue weighted by Crippen LogP contribution is 2.13. The van der Waals surface area contributed by atoms with Crippen molar-refractivity contribution in [3.8, 4) is 0 Å². The van der Waals surface area contributed by atoms with E-state index in [0.717, 1.165) is 10.9 Å². The zero-order chi connectivity index (χ0) is 9.42. The van der Waals surface area contributed by atoms with Crippen molar-refractivity contribution in [1.29, 1.82) is 0 Å². The van der Waals surface area contributed by atoms with Crippen molar-refractivity contribution < 1.29 is 6.17 Å². The van der Waals surface area contributed by atoms with E-state index < -0.39 is 5.91 Å². The molecule has 0 unspecified atom stereocenters. The molecule has 1 aromatic heterocycles. The second kappa shape index (κ2) is 2.37. The average molecular weight is 161 g/mol. The molecule has 1 aromatic carbocycles. The lowest BCUT2D eigenvalue weighted by Gasteiger charge is -1.85. The summed E-state index contributed by atoms with van der Waals surface area (Å²) in [6.45, 7) is 0. The van der Waals surface area contributed by atoms with Gasteiger partial charge >= 0.3 is 0 Å². The largest absolute Gasteiger partial charge is 0.364 e. The molecular weight excluding hydrogens is 152 g/mol. The Balaban J connectivity index is 2.81. The van der Waals surface area contributed by atoms with Gasteiger partial charge in [0.15, 0.2) is 0 Å². The number of nitrogens with one attached hydrogen (secondary N) is 1. The molecule has 0 aliphatic heterocycles. The Kier molecular flexibility index (Phi) is 1.15. The summed E-state index contributed by atoms with van der Waals surface area (Å²) in [7, 11) is 0. The first-order valence-electron chi connectivity index (χ1n) is 4.07. The minimum absolute atomic E-state index is 0.168. The van der Waals surface area contributed by atoms with Crippen molar-refractivity contribution in [3.05, 3.63) is 36.0 Å². The Labute approximate surface area is 70.6 Å². The lowest BCUT2D eigenvalue weighted by Crippen LogP contribution is -2.10. The van der Waals surface area contributed by atoms with Crippen molar-refractivity contribution in [1.82, 2.24) is 4.98 Å². The maximum atomic E-state index is 10.9. The number of nitrogens with two attached hydrogens (primary N) is 1. The van der Waals surface area contributed by atoms with Crippen molar-refractivity contribution >= 4 is 16.8 Å². The van der Waals surface area contributed by atoms with Crippen LogP contribution in [0, 0.1) is 0 Å². The van der Waals surface area contributed by atoms with Crippen LogP contribution in [-0.4, -0.2) is 10.9 Å². The Morgan fingerprint density at radius 1 is 1.50 bits per heavy atom. The molecule has 60 valence electrons. The van der Waals surface area contributed by atoms with Gasteiger partial charge in [0.1, 0.15) is 5.69 Å². The number of carbonyl (C=O) groups excluding carboxylic acids is 1. The highest BCUT2D eigenvalue weighted by atomic mass is 16.1. The summed E-state index contributed by atoms with van der Waals surface area (Å²) in [6, 6.07) is 7.41. The van der Waals surface area contributed by atoms with Crippen LogP contribution in [0.25, 0.3) is 10.9 Å². The summed E-state index contributed by atoms with van der Waals surface area (Å²) in [6.07, 6.45) is 0. The van der Waals surface area contributed by atoms with Crippen LogP contribution in [0.2, 0.25) is 0 Å². The standard InChI is InChI=1S/C9H8N2O/c10-9(12)8-5-6-3-1-2-4-7(6)11-8/h1-5,11H,(H2,10,12)/i5D. The number of para-hydroxylation sites is 1. The Bertz CT molecular complexity index is 475. The molecule has 0 spiro atoms. The SMILES string of the molecule is [2H]c1c(C(N)=O)[nH]c2ccccc12. The van der Waals surface area contributed by atoms with Crippen LogP contribution in [0.1, 0.15) is 11.9 Å². The summed E-state index contributed by atoms with van der Waals surface area (Å²) < 4.78 is 7.62. The lowest BCUT2D eigenvalue weighted by molar-refractivity contribution is 0.0996. The number of hydrogen-bond acceptors (Lipinski definition) is 1. The van der Waals surface area contributed by atoms with Gasteiger partial charge in [-0.2, -0.15) is 0 Å². The molecule has 3 heteroatoms. The van der Waals surface area contributed by atoms with Gasteiger partial charge in [0.05, 0.1) is 1.37 Å². The van der Waals surface area contributed by atoms with E-state index in [2.05, 4.69) is 4.98 Å². The quantitative estimate of drug-likeness (QED) is 0.650. The molecule has 1 amide bonds. The molecule has 12 heavy (non-hydrogen) atoms. The number of H-pyrrole nitrogens is 1. The van der Waals surface area contributed by atoms with Crippen LogP contribution in [-0.2, 0) is 0 Å². The Morgan fingerprint density at radius 2 is 2.25 bits per heavy atom. The maximum absolute atomic E-state index is 10.9. The summed E-state index contributed by atoms with van der Waals surface area (Å²) in [5.74, 6) is -0.596. The van der Waals surface area contributed by atoms with Crippen molar-refractivity contribution in [2.24, 2.45) is 5.73 Å². The van der Waals surface area contributed by atoms with Crippen molar-refractivity contribution in [2.75, 3.05) is 0 Å². The summed E-state index contributed by atoms with van der Waals surface area (Å²) in [5, 5.41) is 0.719. The smallest absolute Gasteiger partial charge is 0.265 e. The summed E-state index contributed by atoms with van der Waals surface area (Å²) in [5.41, 5.74) is 6.02. The Morgan fingerprint density at radius 3 is 2.92 bits per heavy atom. The number of amides is 1. The van der Waals surface area contributed by atoms with E-state index in [1.54, 1.807) is 12.1 Å². The highest BCUT2D eigenvalue weighted by Gasteiger charge is 2.03. The summed E-state index contributed by atoms with van der Waals surface area (Å²) in [4.78, 5) is 13.7. The monoisotopic (exact) mass is 161 g/mol.